The summed E-state index contributed by atoms with van der Waals surface area (Å²) < 4.78 is 10.1. The molecule has 7 heteroatoms. The first-order valence-electron chi connectivity index (χ1n) is 8.76. The van der Waals surface area contributed by atoms with Gasteiger partial charge in [-0.05, 0) is 42.8 Å². The zero-order valence-electron chi connectivity index (χ0n) is 15.5. The molecule has 0 aliphatic carbocycles. The van der Waals surface area contributed by atoms with Gasteiger partial charge in [0.2, 0.25) is 5.91 Å². The molecule has 0 aromatic heterocycles. The Kier molecular flexibility index (Phi) is 8.26. The summed E-state index contributed by atoms with van der Waals surface area (Å²) in [5, 5.41) is 5.00. The van der Waals surface area contributed by atoms with Gasteiger partial charge in [0.05, 0.1) is 6.61 Å². The first kappa shape index (κ1) is 20.7. The summed E-state index contributed by atoms with van der Waals surface area (Å²) >= 11 is 0. The highest BCUT2D eigenvalue weighted by atomic mass is 16.5. The van der Waals surface area contributed by atoms with E-state index in [9.17, 15) is 14.4 Å². The number of carbonyl (C=O) groups excluding carboxylic acids is 3. The Hall–Kier alpha value is -3.61. The molecule has 2 N–H and O–H groups in total. The van der Waals surface area contributed by atoms with E-state index >= 15 is 0 Å². The van der Waals surface area contributed by atoms with E-state index in [-0.39, 0.29) is 6.54 Å². The molecule has 28 heavy (non-hydrogen) atoms. The smallest absolute Gasteiger partial charge is 0.325 e. The van der Waals surface area contributed by atoms with Crippen LogP contribution in [0.15, 0.2) is 60.7 Å². The van der Waals surface area contributed by atoms with Crippen LogP contribution >= 0.6 is 0 Å². The minimum absolute atomic E-state index is 0.325. The predicted octanol–water partition coefficient (Wildman–Crippen LogP) is 2.40. The molecular formula is C21H22N2O5. The standard InChI is InChI=1S/C21H22N2O5/c1-2-27-18-11-9-17(10-12-18)23-20(25)15-28-21(26)14-22-19(24)13-8-16-6-4-3-5-7-16/h3-13H,2,14-15H2,1H3,(H,22,24)(H,23,25)/b13-8+. The van der Waals surface area contributed by atoms with Crippen molar-refractivity contribution in [2.45, 2.75) is 6.92 Å². The Balaban J connectivity index is 1.66. The second-order valence-electron chi connectivity index (χ2n) is 5.63. The van der Waals surface area contributed by atoms with Crippen LogP contribution in [0, 0.1) is 0 Å². The number of esters is 1. The summed E-state index contributed by atoms with van der Waals surface area (Å²) in [6, 6.07) is 16.1. The molecule has 0 saturated heterocycles. The van der Waals surface area contributed by atoms with E-state index in [0.717, 1.165) is 5.56 Å². The average Bonchev–Trinajstić information content (AvgIpc) is 2.71. The van der Waals surface area contributed by atoms with Crippen LogP contribution in [0.25, 0.3) is 6.08 Å². The van der Waals surface area contributed by atoms with Crippen LogP contribution in [0.3, 0.4) is 0 Å². The third kappa shape index (κ3) is 7.74. The normalized spacial score (nSPS) is 10.3. The number of ether oxygens (including phenoxy) is 2. The Morgan fingerprint density at radius 1 is 1.00 bits per heavy atom. The number of amides is 2. The molecule has 0 fully saturated rings. The second-order valence-corrected chi connectivity index (χ2v) is 5.63. The number of carbonyl (C=O) groups is 3. The number of hydrogen-bond acceptors (Lipinski definition) is 5. The van der Waals surface area contributed by atoms with Crippen LogP contribution in [0.4, 0.5) is 5.69 Å². The van der Waals surface area contributed by atoms with Gasteiger partial charge in [-0.1, -0.05) is 30.3 Å². The van der Waals surface area contributed by atoms with Gasteiger partial charge in [0.25, 0.3) is 5.91 Å². The fourth-order valence-electron chi connectivity index (χ4n) is 2.15. The van der Waals surface area contributed by atoms with Gasteiger partial charge in [-0.15, -0.1) is 0 Å². The van der Waals surface area contributed by atoms with Gasteiger partial charge in [-0.25, -0.2) is 0 Å². The topological polar surface area (TPSA) is 93.7 Å². The van der Waals surface area contributed by atoms with E-state index in [1.54, 1.807) is 30.3 Å². The van der Waals surface area contributed by atoms with Crippen molar-refractivity contribution in [3.63, 3.8) is 0 Å². The highest BCUT2D eigenvalue weighted by Gasteiger charge is 2.09. The molecule has 0 saturated carbocycles. The number of hydrogen-bond donors (Lipinski definition) is 2. The zero-order valence-corrected chi connectivity index (χ0v) is 15.5. The Morgan fingerprint density at radius 3 is 2.39 bits per heavy atom. The number of anilines is 1. The molecular weight excluding hydrogens is 360 g/mol. The third-order valence-electron chi connectivity index (χ3n) is 3.45. The lowest BCUT2D eigenvalue weighted by atomic mass is 10.2. The molecule has 0 bridgehead atoms. The van der Waals surface area contributed by atoms with Gasteiger partial charge in [-0.2, -0.15) is 0 Å². The van der Waals surface area contributed by atoms with Gasteiger partial charge in [0, 0.05) is 11.8 Å². The number of rotatable bonds is 9. The molecule has 0 aliphatic rings. The summed E-state index contributed by atoms with van der Waals surface area (Å²) in [5.74, 6) is -0.917. The van der Waals surface area contributed by atoms with Gasteiger partial charge in [0.15, 0.2) is 6.61 Å². The van der Waals surface area contributed by atoms with Crippen molar-refractivity contribution in [1.82, 2.24) is 5.32 Å². The first-order chi connectivity index (χ1) is 13.6. The lowest BCUT2D eigenvalue weighted by molar-refractivity contribution is -0.146. The minimum atomic E-state index is -0.705. The molecule has 2 rings (SSSR count). The van der Waals surface area contributed by atoms with Crippen LogP contribution in [0.2, 0.25) is 0 Å². The largest absolute Gasteiger partial charge is 0.494 e. The van der Waals surface area contributed by atoms with Crippen molar-refractivity contribution in [3.8, 4) is 5.75 Å². The molecule has 2 aromatic rings. The lowest BCUT2D eigenvalue weighted by Crippen LogP contribution is -2.31. The fourth-order valence-corrected chi connectivity index (χ4v) is 2.15. The molecule has 0 unspecified atom stereocenters. The fraction of sp³-hybridized carbons (Fsp3) is 0.190. The van der Waals surface area contributed by atoms with Crippen molar-refractivity contribution < 1.29 is 23.9 Å². The van der Waals surface area contributed by atoms with Crippen LogP contribution < -0.4 is 15.4 Å². The summed E-state index contributed by atoms with van der Waals surface area (Å²) in [7, 11) is 0. The Morgan fingerprint density at radius 2 is 1.71 bits per heavy atom. The third-order valence-corrected chi connectivity index (χ3v) is 3.45. The van der Waals surface area contributed by atoms with Gasteiger partial charge >= 0.3 is 5.97 Å². The maximum absolute atomic E-state index is 11.8. The highest BCUT2D eigenvalue weighted by molar-refractivity contribution is 5.95. The SMILES string of the molecule is CCOc1ccc(NC(=O)COC(=O)CNC(=O)/C=C/c2ccccc2)cc1. The van der Waals surface area contributed by atoms with E-state index in [1.165, 1.54) is 6.08 Å². The molecule has 7 nitrogen and oxygen atoms in total. The Labute approximate surface area is 163 Å². The van der Waals surface area contributed by atoms with Crippen molar-refractivity contribution >= 4 is 29.5 Å². The number of benzene rings is 2. The average molecular weight is 382 g/mol. The number of nitrogens with one attached hydrogen (secondary N) is 2. The molecule has 0 atom stereocenters. The minimum Gasteiger partial charge on any atom is -0.494 e. The lowest BCUT2D eigenvalue weighted by Gasteiger charge is -2.08. The summed E-state index contributed by atoms with van der Waals surface area (Å²) in [6.07, 6.45) is 2.95. The van der Waals surface area contributed by atoms with Crippen LogP contribution in [0.1, 0.15) is 12.5 Å². The van der Waals surface area contributed by atoms with Crippen molar-refractivity contribution in [2.75, 3.05) is 25.1 Å². The van der Waals surface area contributed by atoms with E-state index in [4.69, 9.17) is 9.47 Å². The van der Waals surface area contributed by atoms with E-state index in [1.807, 2.05) is 37.3 Å². The van der Waals surface area contributed by atoms with Crippen molar-refractivity contribution in [3.05, 3.63) is 66.2 Å². The molecule has 2 amide bonds. The van der Waals surface area contributed by atoms with Gasteiger partial charge < -0.3 is 20.1 Å². The van der Waals surface area contributed by atoms with Crippen molar-refractivity contribution in [2.24, 2.45) is 0 Å². The predicted molar refractivity (Wildman–Crippen MR) is 106 cm³/mol. The maximum Gasteiger partial charge on any atom is 0.325 e. The Bertz CT molecular complexity index is 816. The molecule has 0 aliphatic heterocycles. The summed E-state index contributed by atoms with van der Waals surface area (Å²) in [6.45, 7) is 1.67. The summed E-state index contributed by atoms with van der Waals surface area (Å²) in [5.41, 5.74) is 1.43. The van der Waals surface area contributed by atoms with E-state index in [2.05, 4.69) is 10.6 Å². The summed E-state index contributed by atoms with van der Waals surface area (Å²) in [4.78, 5) is 35.1. The second kappa shape index (κ2) is 11.2. The van der Waals surface area contributed by atoms with Crippen molar-refractivity contribution in [1.29, 1.82) is 0 Å². The molecule has 0 heterocycles. The quantitative estimate of drug-likeness (QED) is 0.513. The van der Waals surface area contributed by atoms with E-state index < -0.39 is 24.4 Å². The highest BCUT2D eigenvalue weighted by Crippen LogP contribution is 2.15. The molecule has 0 spiro atoms. The maximum atomic E-state index is 11.8. The van der Waals surface area contributed by atoms with Gasteiger partial charge in [-0.3, -0.25) is 14.4 Å². The van der Waals surface area contributed by atoms with Crippen LogP contribution in [-0.4, -0.2) is 37.5 Å². The monoisotopic (exact) mass is 382 g/mol. The zero-order chi connectivity index (χ0) is 20.2. The molecule has 146 valence electrons. The molecule has 2 aromatic carbocycles. The van der Waals surface area contributed by atoms with E-state index in [0.29, 0.717) is 18.0 Å². The van der Waals surface area contributed by atoms with Crippen LogP contribution in [0.5, 0.6) is 5.75 Å². The molecule has 0 radical (unpaired) electrons. The van der Waals surface area contributed by atoms with Gasteiger partial charge in [0.1, 0.15) is 12.3 Å². The first-order valence-corrected chi connectivity index (χ1v) is 8.76. The van der Waals surface area contributed by atoms with Crippen LogP contribution in [-0.2, 0) is 19.1 Å².